The first-order chi connectivity index (χ1) is 3.89. The van der Waals surface area contributed by atoms with E-state index in [1.807, 2.05) is 0 Å². The second-order valence-corrected chi connectivity index (χ2v) is 2.74. The molecule has 1 heteroatoms. The third-order valence-corrected chi connectivity index (χ3v) is 2.21. The number of fused-ring (bicyclic) bond motifs is 1. The predicted octanol–water partition coefficient (Wildman–Crippen LogP) is 0.943. The maximum Gasteiger partial charge on any atom is 0.0641 e. The molecule has 0 radical (unpaired) electrons. The molecule has 0 spiro atoms. The Balaban J connectivity index is 2.12. The Morgan fingerprint density at radius 3 is 2.88 bits per heavy atom. The molecule has 0 aliphatic heterocycles. The molecule has 0 bridgehead atoms. The fourth-order valence-electron chi connectivity index (χ4n) is 1.54. The van der Waals surface area contributed by atoms with E-state index in [9.17, 15) is 0 Å². The number of aliphatic hydroxyl groups is 1. The lowest BCUT2D eigenvalue weighted by Crippen LogP contribution is -1.84. The first-order valence-corrected chi connectivity index (χ1v) is 3.24. The quantitative estimate of drug-likeness (QED) is 0.460. The molecule has 1 nitrogen and oxygen atoms in total. The lowest BCUT2D eigenvalue weighted by molar-refractivity contribution is 0.252. The van der Waals surface area contributed by atoms with Crippen LogP contribution in [0.15, 0.2) is 12.2 Å². The summed E-state index contributed by atoms with van der Waals surface area (Å²) >= 11 is 0. The van der Waals surface area contributed by atoms with Crippen molar-refractivity contribution in [3.63, 3.8) is 0 Å². The predicted molar refractivity (Wildman–Crippen MR) is 31.4 cm³/mol. The van der Waals surface area contributed by atoms with Crippen molar-refractivity contribution in [1.82, 2.24) is 0 Å². The van der Waals surface area contributed by atoms with Gasteiger partial charge in [0.25, 0.3) is 0 Å². The highest BCUT2D eigenvalue weighted by Crippen LogP contribution is 2.45. The molecule has 0 amide bonds. The molecule has 44 valence electrons. The number of aliphatic hydroxyl groups excluding tert-OH is 1. The molecule has 0 aromatic rings. The van der Waals surface area contributed by atoms with Gasteiger partial charge in [0.2, 0.25) is 0 Å². The van der Waals surface area contributed by atoms with E-state index < -0.39 is 0 Å². The van der Waals surface area contributed by atoms with E-state index in [0.717, 1.165) is 0 Å². The monoisotopic (exact) mass is 110 g/mol. The minimum atomic E-state index is 0.0220. The van der Waals surface area contributed by atoms with Gasteiger partial charge in [0.05, 0.1) is 6.10 Å². The number of rotatable bonds is 0. The average molecular weight is 110 g/mol. The molecule has 0 aromatic carbocycles. The molecule has 3 atom stereocenters. The van der Waals surface area contributed by atoms with Crippen molar-refractivity contribution in [1.29, 1.82) is 0 Å². The SMILES string of the molecule is OC1C2C=CCCC12. The zero-order chi connectivity index (χ0) is 5.56. The highest BCUT2D eigenvalue weighted by Gasteiger charge is 2.47. The standard InChI is InChI=1S/C7H10O/c8-7-5-3-1-2-4-6(5)7/h1,3,5-8H,2,4H2. The second kappa shape index (κ2) is 1.35. The van der Waals surface area contributed by atoms with Crippen LogP contribution in [0, 0.1) is 11.8 Å². The van der Waals surface area contributed by atoms with Crippen LogP contribution in [-0.2, 0) is 0 Å². The van der Waals surface area contributed by atoms with Crippen LogP contribution in [0.2, 0.25) is 0 Å². The van der Waals surface area contributed by atoms with Gasteiger partial charge in [-0.05, 0) is 18.8 Å². The van der Waals surface area contributed by atoms with Gasteiger partial charge in [-0.2, -0.15) is 0 Å². The van der Waals surface area contributed by atoms with Crippen molar-refractivity contribution in [2.45, 2.75) is 18.9 Å². The van der Waals surface area contributed by atoms with Crippen LogP contribution in [-0.4, -0.2) is 11.2 Å². The van der Waals surface area contributed by atoms with Crippen LogP contribution >= 0.6 is 0 Å². The van der Waals surface area contributed by atoms with Crippen molar-refractivity contribution >= 4 is 0 Å². The van der Waals surface area contributed by atoms with E-state index in [0.29, 0.717) is 11.8 Å². The summed E-state index contributed by atoms with van der Waals surface area (Å²) in [5, 5.41) is 9.07. The van der Waals surface area contributed by atoms with Crippen LogP contribution in [0.4, 0.5) is 0 Å². The van der Waals surface area contributed by atoms with Crippen molar-refractivity contribution in [3.8, 4) is 0 Å². The maximum atomic E-state index is 9.07. The van der Waals surface area contributed by atoms with E-state index in [1.54, 1.807) is 0 Å². The molecule has 8 heavy (non-hydrogen) atoms. The van der Waals surface area contributed by atoms with Crippen LogP contribution < -0.4 is 0 Å². The number of allylic oxidation sites excluding steroid dienone is 1. The average Bonchev–Trinajstić information content (AvgIpc) is 2.46. The minimum absolute atomic E-state index is 0.0220. The maximum absolute atomic E-state index is 9.07. The Kier molecular flexibility index (Phi) is 0.770. The summed E-state index contributed by atoms with van der Waals surface area (Å²) in [7, 11) is 0. The van der Waals surface area contributed by atoms with E-state index in [1.165, 1.54) is 12.8 Å². The summed E-state index contributed by atoms with van der Waals surface area (Å²) in [4.78, 5) is 0. The van der Waals surface area contributed by atoms with E-state index in [-0.39, 0.29) is 6.10 Å². The summed E-state index contributed by atoms with van der Waals surface area (Å²) in [5.74, 6) is 1.18. The van der Waals surface area contributed by atoms with Crippen LogP contribution in [0.5, 0.6) is 0 Å². The molecule has 1 fully saturated rings. The summed E-state index contributed by atoms with van der Waals surface area (Å²) in [6.45, 7) is 0. The number of hydrogen-bond donors (Lipinski definition) is 1. The largest absolute Gasteiger partial charge is 0.392 e. The molecule has 0 heterocycles. The van der Waals surface area contributed by atoms with Crippen LogP contribution in [0.1, 0.15) is 12.8 Å². The second-order valence-electron chi connectivity index (χ2n) is 2.74. The van der Waals surface area contributed by atoms with E-state index in [2.05, 4.69) is 12.2 Å². The van der Waals surface area contributed by atoms with Gasteiger partial charge in [-0.25, -0.2) is 0 Å². The Morgan fingerprint density at radius 1 is 1.50 bits per heavy atom. The summed E-state index contributed by atoms with van der Waals surface area (Å²) in [5.41, 5.74) is 0. The molecular weight excluding hydrogens is 100 g/mol. The summed E-state index contributed by atoms with van der Waals surface area (Å²) < 4.78 is 0. The minimum Gasteiger partial charge on any atom is -0.392 e. The van der Waals surface area contributed by atoms with Gasteiger partial charge in [-0.15, -0.1) is 0 Å². The molecule has 1 N–H and O–H groups in total. The van der Waals surface area contributed by atoms with Crippen molar-refractivity contribution in [3.05, 3.63) is 12.2 Å². The first kappa shape index (κ1) is 4.57. The summed E-state index contributed by atoms with van der Waals surface area (Å²) in [6.07, 6.45) is 6.74. The van der Waals surface area contributed by atoms with Gasteiger partial charge in [-0.3, -0.25) is 0 Å². The van der Waals surface area contributed by atoms with Crippen LogP contribution in [0.25, 0.3) is 0 Å². The molecular formula is C7H10O. The molecule has 2 aliphatic rings. The first-order valence-electron chi connectivity index (χ1n) is 3.24. The summed E-state index contributed by atoms with van der Waals surface area (Å²) in [6, 6.07) is 0. The highest BCUT2D eigenvalue weighted by atomic mass is 16.3. The van der Waals surface area contributed by atoms with Gasteiger partial charge in [0.1, 0.15) is 0 Å². The Hall–Kier alpha value is -0.300. The van der Waals surface area contributed by atoms with Gasteiger partial charge in [0, 0.05) is 5.92 Å². The van der Waals surface area contributed by atoms with Gasteiger partial charge in [-0.1, -0.05) is 12.2 Å². The van der Waals surface area contributed by atoms with Crippen molar-refractivity contribution in [2.24, 2.45) is 11.8 Å². The molecule has 2 aliphatic carbocycles. The zero-order valence-corrected chi connectivity index (χ0v) is 4.75. The van der Waals surface area contributed by atoms with Gasteiger partial charge in [0.15, 0.2) is 0 Å². The molecule has 0 saturated heterocycles. The fraction of sp³-hybridized carbons (Fsp3) is 0.714. The lowest BCUT2D eigenvalue weighted by Gasteiger charge is -1.95. The number of hydrogen-bond acceptors (Lipinski definition) is 1. The van der Waals surface area contributed by atoms with E-state index in [4.69, 9.17) is 5.11 Å². The Bertz CT molecular complexity index is 128. The Labute approximate surface area is 49.0 Å². The zero-order valence-electron chi connectivity index (χ0n) is 4.75. The van der Waals surface area contributed by atoms with Crippen LogP contribution in [0.3, 0.4) is 0 Å². The van der Waals surface area contributed by atoms with Gasteiger partial charge >= 0.3 is 0 Å². The van der Waals surface area contributed by atoms with Gasteiger partial charge < -0.3 is 5.11 Å². The molecule has 1 saturated carbocycles. The lowest BCUT2D eigenvalue weighted by atomic mass is 10.1. The van der Waals surface area contributed by atoms with Crippen molar-refractivity contribution < 1.29 is 5.11 Å². The van der Waals surface area contributed by atoms with E-state index >= 15 is 0 Å². The molecule has 3 unspecified atom stereocenters. The highest BCUT2D eigenvalue weighted by molar-refractivity contribution is 5.13. The molecule has 0 aromatic heterocycles. The molecule has 2 rings (SSSR count). The smallest absolute Gasteiger partial charge is 0.0641 e. The topological polar surface area (TPSA) is 20.2 Å². The van der Waals surface area contributed by atoms with Crippen molar-refractivity contribution in [2.75, 3.05) is 0 Å². The normalized spacial score (nSPS) is 50.9. The third-order valence-electron chi connectivity index (χ3n) is 2.21. The fourth-order valence-corrected chi connectivity index (χ4v) is 1.54. The third kappa shape index (κ3) is 0.451. The Morgan fingerprint density at radius 2 is 2.38 bits per heavy atom.